The Morgan fingerprint density at radius 2 is 2.29 bits per heavy atom. The number of rotatable bonds is 3. The highest BCUT2D eigenvalue weighted by molar-refractivity contribution is 5.77. The maximum Gasteiger partial charge on any atom is 0.311 e. The van der Waals surface area contributed by atoms with Crippen LogP contribution in [-0.2, 0) is 9.53 Å². The van der Waals surface area contributed by atoms with E-state index in [2.05, 4.69) is 0 Å². The lowest BCUT2D eigenvalue weighted by Gasteiger charge is -2.25. The molecule has 3 atom stereocenters. The van der Waals surface area contributed by atoms with Gasteiger partial charge >= 0.3 is 5.97 Å². The van der Waals surface area contributed by atoms with Gasteiger partial charge in [0.2, 0.25) is 0 Å². The third-order valence-corrected chi connectivity index (χ3v) is 3.07. The molecule has 0 bridgehead atoms. The molecule has 0 unspecified atom stereocenters. The summed E-state index contributed by atoms with van der Waals surface area (Å²) in [6, 6.07) is -0.291. The van der Waals surface area contributed by atoms with E-state index in [1.807, 2.05) is 6.92 Å². The van der Waals surface area contributed by atoms with Crippen molar-refractivity contribution in [1.29, 1.82) is 0 Å². The van der Waals surface area contributed by atoms with E-state index < -0.39 is 11.5 Å². The van der Waals surface area contributed by atoms with Crippen LogP contribution in [0.3, 0.4) is 0 Å². The molecule has 4 nitrogen and oxygen atoms in total. The minimum atomic E-state index is -0.569. The number of carbonyl (C=O) groups excluding carboxylic acids is 1. The van der Waals surface area contributed by atoms with Gasteiger partial charge in [-0.1, -0.05) is 13.3 Å². The van der Waals surface area contributed by atoms with Gasteiger partial charge in [-0.3, -0.25) is 4.79 Å². The zero-order chi connectivity index (χ0) is 10.8. The minimum Gasteiger partial charge on any atom is -0.469 e. The third-order valence-electron chi connectivity index (χ3n) is 3.07. The molecule has 3 N–H and O–H groups in total. The molecule has 0 aromatic carbocycles. The van der Waals surface area contributed by atoms with Crippen molar-refractivity contribution in [1.82, 2.24) is 0 Å². The van der Waals surface area contributed by atoms with Gasteiger partial charge in [0.05, 0.1) is 18.6 Å². The summed E-state index contributed by atoms with van der Waals surface area (Å²) in [5.41, 5.74) is 5.18. The first-order chi connectivity index (χ1) is 6.55. The largest absolute Gasteiger partial charge is 0.469 e. The van der Waals surface area contributed by atoms with Crippen LogP contribution >= 0.6 is 0 Å². The molecule has 0 aromatic rings. The third kappa shape index (κ3) is 1.91. The van der Waals surface area contributed by atoms with Gasteiger partial charge in [-0.05, 0) is 19.3 Å². The molecule has 1 aliphatic rings. The molecule has 82 valence electrons. The number of aliphatic hydroxyl groups excluding tert-OH is 1. The number of nitrogens with two attached hydrogens (primary N) is 1. The summed E-state index contributed by atoms with van der Waals surface area (Å²) in [5.74, 6) is -0.230. The lowest BCUT2D eigenvalue weighted by Crippen LogP contribution is -2.31. The molecule has 0 aromatic heterocycles. The highest BCUT2D eigenvalue weighted by Crippen LogP contribution is 2.42. The van der Waals surface area contributed by atoms with Gasteiger partial charge in [0, 0.05) is 6.04 Å². The lowest BCUT2D eigenvalue weighted by atomic mass is 9.81. The maximum atomic E-state index is 11.6. The number of ether oxygens (including phenoxy) is 1. The van der Waals surface area contributed by atoms with E-state index in [0.29, 0.717) is 12.8 Å². The molecule has 0 radical (unpaired) electrons. The van der Waals surface area contributed by atoms with Crippen LogP contribution in [0, 0.1) is 5.41 Å². The Morgan fingerprint density at radius 3 is 2.64 bits per heavy atom. The quantitative estimate of drug-likeness (QED) is 0.649. The summed E-state index contributed by atoms with van der Waals surface area (Å²) in [7, 11) is 1.38. The van der Waals surface area contributed by atoms with Gasteiger partial charge in [-0.2, -0.15) is 0 Å². The number of aliphatic hydroxyl groups is 1. The lowest BCUT2D eigenvalue weighted by molar-refractivity contribution is -0.153. The molecule has 1 rings (SSSR count). The molecule has 4 heteroatoms. The predicted octanol–water partition coefficient (Wildman–Crippen LogP) is 0.428. The Hall–Kier alpha value is -0.610. The van der Waals surface area contributed by atoms with Gasteiger partial charge in [-0.25, -0.2) is 0 Å². The Morgan fingerprint density at radius 1 is 1.64 bits per heavy atom. The Balaban J connectivity index is 2.79. The Labute approximate surface area is 84.4 Å². The number of carbonyl (C=O) groups is 1. The topological polar surface area (TPSA) is 72.5 Å². The van der Waals surface area contributed by atoms with Crippen LogP contribution in [0.15, 0.2) is 0 Å². The first kappa shape index (κ1) is 11.5. The molecule has 1 aliphatic carbocycles. The van der Waals surface area contributed by atoms with Crippen LogP contribution in [0.2, 0.25) is 0 Å². The van der Waals surface area contributed by atoms with Gasteiger partial charge < -0.3 is 15.6 Å². The SMILES string of the molecule is CCC[C@@]1(C(=O)OC)C[C@@H](N)[C@H](O)C1. The van der Waals surface area contributed by atoms with Crippen LogP contribution in [0.1, 0.15) is 32.6 Å². The minimum absolute atomic E-state index is 0.230. The number of esters is 1. The zero-order valence-electron chi connectivity index (χ0n) is 8.82. The zero-order valence-corrected chi connectivity index (χ0v) is 8.82. The summed E-state index contributed by atoms with van der Waals surface area (Å²) >= 11 is 0. The van der Waals surface area contributed by atoms with Crippen LogP contribution in [0.25, 0.3) is 0 Å². The second-order valence-electron chi connectivity index (χ2n) is 4.16. The van der Waals surface area contributed by atoms with Crippen molar-refractivity contribution < 1.29 is 14.6 Å². The summed E-state index contributed by atoms with van der Waals surface area (Å²) < 4.78 is 4.78. The van der Waals surface area contributed by atoms with Gasteiger partial charge in [0.1, 0.15) is 0 Å². The molecule has 1 saturated carbocycles. The molecule has 0 spiro atoms. The Bertz CT molecular complexity index is 207. The maximum absolute atomic E-state index is 11.6. The number of hydrogen-bond donors (Lipinski definition) is 2. The molecule has 0 amide bonds. The van der Waals surface area contributed by atoms with Crippen LogP contribution in [0.5, 0.6) is 0 Å². The summed E-state index contributed by atoms with van der Waals surface area (Å²) in [4.78, 5) is 11.6. The molecular weight excluding hydrogens is 182 g/mol. The van der Waals surface area contributed by atoms with Gasteiger partial charge in [0.15, 0.2) is 0 Å². The fraction of sp³-hybridized carbons (Fsp3) is 0.900. The second kappa shape index (κ2) is 4.28. The van der Waals surface area contributed by atoms with Crippen LogP contribution in [-0.4, -0.2) is 30.3 Å². The van der Waals surface area contributed by atoms with E-state index in [1.54, 1.807) is 0 Å². The van der Waals surface area contributed by atoms with E-state index in [4.69, 9.17) is 10.5 Å². The average molecular weight is 201 g/mol. The first-order valence-corrected chi connectivity index (χ1v) is 5.08. The van der Waals surface area contributed by atoms with E-state index in [-0.39, 0.29) is 12.0 Å². The number of hydrogen-bond acceptors (Lipinski definition) is 4. The Kier molecular flexibility index (Phi) is 3.50. The molecule has 0 aliphatic heterocycles. The number of methoxy groups -OCH3 is 1. The van der Waals surface area contributed by atoms with E-state index >= 15 is 0 Å². The van der Waals surface area contributed by atoms with Crippen molar-refractivity contribution in [3.63, 3.8) is 0 Å². The van der Waals surface area contributed by atoms with Crippen LogP contribution < -0.4 is 5.73 Å². The summed E-state index contributed by atoms with van der Waals surface area (Å²) in [5, 5.41) is 9.57. The fourth-order valence-electron chi connectivity index (χ4n) is 2.39. The highest BCUT2D eigenvalue weighted by Gasteiger charge is 2.48. The monoisotopic (exact) mass is 201 g/mol. The van der Waals surface area contributed by atoms with Crippen molar-refractivity contribution >= 4 is 5.97 Å². The fourth-order valence-corrected chi connectivity index (χ4v) is 2.39. The average Bonchev–Trinajstić information content (AvgIpc) is 2.43. The molecule has 0 saturated heterocycles. The van der Waals surface area contributed by atoms with E-state index in [9.17, 15) is 9.90 Å². The van der Waals surface area contributed by atoms with E-state index in [1.165, 1.54) is 7.11 Å². The van der Waals surface area contributed by atoms with E-state index in [0.717, 1.165) is 12.8 Å². The van der Waals surface area contributed by atoms with Crippen molar-refractivity contribution in [3.8, 4) is 0 Å². The van der Waals surface area contributed by atoms with Gasteiger partial charge in [0.25, 0.3) is 0 Å². The predicted molar refractivity (Wildman–Crippen MR) is 52.6 cm³/mol. The van der Waals surface area contributed by atoms with Crippen molar-refractivity contribution in [3.05, 3.63) is 0 Å². The second-order valence-corrected chi connectivity index (χ2v) is 4.16. The van der Waals surface area contributed by atoms with Gasteiger partial charge in [-0.15, -0.1) is 0 Å². The molecule has 1 fully saturated rings. The standard InChI is InChI=1S/C10H19NO3/c1-3-4-10(9(13)14-2)5-7(11)8(12)6-10/h7-8,12H,3-6,11H2,1-2H3/t7-,8-,10-/m1/s1. The summed E-state index contributed by atoms with van der Waals surface area (Å²) in [6.45, 7) is 2.01. The van der Waals surface area contributed by atoms with Crippen LogP contribution in [0.4, 0.5) is 0 Å². The van der Waals surface area contributed by atoms with Crippen molar-refractivity contribution in [2.75, 3.05) is 7.11 Å². The summed E-state index contributed by atoms with van der Waals surface area (Å²) in [6.07, 6.45) is 2.04. The molecular formula is C10H19NO3. The molecule has 14 heavy (non-hydrogen) atoms. The van der Waals surface area contributed by atoms with Crippen molar-refractivity contribution in [2.45, 2.75) is 44.8 Å². The molecule has 0 heterocycles. The smallest absolute Gasteiger partial charge is 0.311 e. The first-order valence-electron chi connectivity index (χ1n) is 5.08. The van der Waals surface area contributed by atoms with Crippen molar-refractivity contribution in [2.24, 2.45) is 11.1 Å². The normalized spacial score (nSPS) is 37.1. The highest BCUT2D eigenvalue weighted by atomic mass is 16.5.